The molecule has 0 radical (unpaired) electrons. The van der Waals surface area contributed by atoms with Crippen LogP contribution in [0.2, 0.25) is 0 Å². The summed E-state index contributed by atoms with van der Waals surface area (Å²) in [5, 5.41) is 20.6. The Hall–Kier alpha value is -4.09. The predicted octanol–water partition coefficient (Wildman–Crippen LogP) is 4.28. The molecule has 1 amide bonds. The fourth-order valence-corrected chi connectivity index (χ4v) is 5.35. The minimum absolute atomic E-state index is 0.0473. The maximum Gasteiger partial charge on any atom is 0.338 e. The van der Waals surface area contributed by atoms with Crippen molar-refractivity contribution in [2.24, 2.45) is 0 Å². The smallest absolute Gasteiger partial charge is 0.338 e. The average Bonchev–Trinajstić information content (AvgIpc) is 3.01. The number of anilines is 1. The number of hydrogen-bond donors (Lipinski definition) is 1. The van der Waals surface area contributed by atoms with Crippen LogP contribution in [0.3, 0.4) is 0 Å². The maximum atomic E-state index is 14.1. The second-order valence-corrected chi connectivity index (χ2v) is 10.1. The summed E-state index contributed by atoms with van der Waals surface area (Å²) in [7, 11) is 5.33. The van der Waals surface area contributed by atoms with Gasteiger partial charge in [-0.05, 0) is 62.1 Å². The van der Waals surface area contributed by atoms with Crippen LogP contribution in [0.4, 0.5) is 11.4 Å². The van der Waals surface area contributed by atoms with E-state index in [1.54, 1.807) is 48.4 Å². The SMILES string of the molecule is COc1ccc([C@H]2Sc3cc(O)ccc3N(CCN(C)C)C(=O)[C@H]2OC(=O)c2ccc([N+](=O)[O-])cc2)cc1. The summed E-state index contributed by atoms with van der Waals surface area (Å²) in [6.45, 7) is 0.873. The zero-order valence-electron chi connectivity index (χ0n) is 21.1. The van der Waals surface area contributed by atoms with Crippen LogP contribution in [0, 0.1) is 10.1 Å². The Morgan fingerprint density at radius 2 is 1.79 bits per heavy atom. The number of carbonyl (C=O) groups excluding carboxylic acids is 2. The fourth-order valence-electron chi connectivity index (χ4n) is 4.00. The van der Waals surface area contributed by atoms with Crippen molar-refractivity contribution in [2.45, 2.75) is 16.2 Å². The number of nitro groups is 1. The number of thioether (sulfide) groups is 1. The van der Waals surface area contributed by atoms with E-state index in [1.165, 1.54) is 42.1 Å². The molecular weight excluding hydrogens is 510 g/mol. The molecule has 1 N–H and O–H groups in total. The van der Waals surface area contributed by atoms with Gasteiger partial charge in [0.15, 0.2) is 6.10 Å². The largest absolute Gasteiger partial charge is 0.508 e. The van der Waals surface area contributed by atoms with E-state index >= 15 is 0 Å². The van der Waals surface area contributed by atoms with E-state index in [0.717, 1.165) is 5.56 Å². The number of amides is 1. The molecule has 11 heteroatoms. The Kier molecular flexibility index (Phi) is 8.18. The molecule has 3 aromatic carbocycles. The van der Waals surface area contributed by atoms with Crippen LogP contribution in [0.25, 0.3) is 0 Å². The molecule has 0 unspecified atom stereocenters. The number of carbonyl (C=O) groups is 2. The molecule has 3 aromatic rings. The second kappa shape index (κ2) is 11.5. The van der Waals surface area contributed by atoms with E-state index in [0.29, 0.717) is 29.4 Å². The van der Waals surface area contributed by atoms with Gasteiger partial charge in [-0.25, -0.2) is 4.79 Å². The first kappa shape index (κ1) is 27.0. The average molecular weight is 538 g/mol. The summed E-state index contributed by atoms with van der Waals surface area (Å²) in [6, 6.07) is 16.9. The highest BCUT2D eigenvalue weighted by atomic mass is 32.2. The number of nitro benzene ring substituents is 1. The quantitative estimate of drug-likeness (QED) is 0.255. The van der Waals surface area contributed by atoms with E-state index in [-0.39, 0.29) is 17.0 Å². The van der Waals surface area contributed by atoms with Gasteiger partial charge in [0, 0.05) is 30.1 Å². The fraction of sp³-hybridized carbons (Fsp3) is 0.259. The van der Waals surface area contributed by atoms with Crippen LogP contribution in [-0.2, 0) is 9.53 Å². The molecule has 1 aliphatic rings. The third-order valence-electron chi connectivity index (χ3n) is 6.04. The summed E-state index contributed by atoms with van der Waals surface area (Å²) in [6.07, 6.45) is -1.23. The highest BCUT2D eigenvalue weighted by Crippen LogP contribution is 2.48. The van der Waals surface area contributed by atoms with Gasteiger partial charge in [0.05, 0.1) is 28.5 Å². The minimum atomic E-state index is -1.23. The normalized spacial score (nSPS) is 17.1. The van der Waals surface area contributed by atoms with Crippen molar-refractivity contribution in [3.05, 3.63) is 88.0 Å². The molecule has 0 saturated carbocycles. The van der Waals surface area contributed by atoms with Gasteiger partial charge in [0.2, 0.25) is 0 Å². The predicted molar refractivity (Wildman–Crippen MR) is 143 cm³/mol. The van der Waals surface area contributed by atoms with Gasteiger partial charge in [0.1, 0.15) is 11.5 Å². The van der Waals surface area contributed by atoms with Crippen LogP contribution in [-0.4, -0.2) is 67.2 Å². The van der Waals surface area contributed by atoms with Crippen molar-refractivity contribution in [1.82, 2.24) is 4.90 Å². The lowest BCUT2D eigenvalue weighted by molar-refractivity contribution is -0.384. The molecule has 1 aliphatic heterocycles. The molecule has 0 aliphatic carbocycles. The number of hydrogen-bond acceptors (Lipinski definition) is 9. The Labute approximate surface area is 223 Å². The number of phenols is 1. The molecule has 0 saturated heterocycles. The number of ether oxygens (including phenoxy) is 2. The first-order chi connectivity index (χ1) is 18.2. The molecule has 0 bridgehead atoms. The summed E-state index contributed by atoms with van der Waals surface area (Å²) in [5.74, 6) is -0.520. The lowest BCUT2D eigenvalue weighted by Gasteiger charge is -2.28. The first-order valence-corrected chi connectivity index (χ1v) is 12.6. The maximum absolute atomic E-state index is 14.1. The topological polar surface area (TPSA) is 122 Å². The molecule has 4 rings (SSSR count). The van der Waals surface area contributed by atoms with E-state index < -0.39 is 28.2 Å². The Bertz CT molecular complexity index is 1330. The van der Waals surface area contributed by atoms with Gasteiger partial charge >= 0.3 is 5.97 Å². The molecule has 198 valence electrons. The molecule has 1 heterocycles. The third kappa shape index (κ3) is 5.90. The van der Waals surface area contributed by atoms with E-state index in [1.807, 2.05) is 19.0 Å². The van der Waals surface area contributed by atoms with Crippen molar-refractivity contribution >= 4 is 35.0 Å². The van der Waals surface area contributed by atoms with Crippen LogP contribution in [0.1, 0.15) is 21.2 Å². The lowest BCUT2D eigenvalue weighted by atomic mass is 10.0. The third-order valence-corrected chi connectivity index (χ3v) is 7.39. The van der Waals surface area contributed by atoms with Crippen molar-refractivity contribution in [1.29, 1.82) is 0 Å². The number of benzene rings is 3. The molecule has 38 heavy (non-hydrogen) atoms. The number of nitrogens with zero attached hydrogens (tertiary/aromatic N) is 3. The molecule has 0 fully saturated rings. The van der Waals surface area contributed by atoms with Gasteiger partial charge in [-0.1, -0.05) is 12.1 Å². The van der Waals surface area contributed by atoms with Crippen molar-refractivity contribution < 1.29 is 29.1 Å². The highest BCUT2D eigenvalue weighted by Gasteiger charge is 2.41. The molecular formula is C27H27N3O7S. The molecule has 0 spiro atoms. The first-order valence-electron chi connectivity index (χ1n) is 11.7. The zero-order valence-corrected chi connectivity index (χ0v) is 21.9. The number of phenolic OH excluding ortho intramolecular Hbond substituents is 1. The van der Waals surface area contributed by atoms with Crippen LogP contribution in [0.15, 0.2) is 71.6 Å². The number of rotatable bonds is 8. The standard InChI is InChI=1S/C27H27N3O7S/c1-28(2)14-15-29-22-13-10-20(31)16-23(22)38-25(17-6-11-21(36-3)12-7-17)24(26(29)32)37-27(33)18-4-8-19(9-5-18)30(34)35/h4-13,16,24-25,31H,14-15H2,1-3H3/t24-,25+/m0/s1. The van der Waals surface area contributed by atoms with E-state index in [9.17, 15) is 24.8 Å². The zero-order chi connectivity index (χ0) is 27.4. The number of non-ortho nitro benzene ring substituents is 1. The number of aromatic hydroxyl groups is 1. The van der Waals surface area contributed by atoms with Gasteiger partial charge in [0.25, 0.3) is 11.6 Å². The van der Waals surface area contributed by atoms with Crippen molar-refractivity contribution in [3.63, 3.8) is 0 Å². The monoisotopic (exact) mass is 537 g/mol. The van der Waals surface area contributed by atoms with Gasteiger partial charge in [-0.2, -0.15) is 0 Å². The summed E-state index contributed by atoms with van der Waals surface area (Å²) >= 11 is 1.31. The number of likely N-dealkylation sites (N-methyl/N-ethyl adjacent to an activating group) is 1. The molecule has 10 nitrogen and oxygen atoms in total. The summed E-state index contributed by atoms with van der Waals surface area (Å²) < 4.78 is 11.1. The Morgan fingerprint density at radius 3 is 2.39 bits per heavy atom. The number of methoxy groups -OCH3 is 1. The van der Waals surface area contributed by atoms with Crippen molar-refractivity contribution in [2.75, 3.05) is 39.2 Å². The van der Waals surface area contributed by atoms with Gasteiger partial charge in [-0.3, -0.25) is 14.9 Å². The number of esters is 1. The van der Waals surface area contributed by atoms with Gasteiger partial charge in [-0.15, -0.1) is 11.8 Å². The Balaban J connectivity index is 1.77. The van der Waals surface area contributed by atoms with Crippen LogP contribution >= 0.6 is 11.8 Å². The molecule has 0 aromatic heterocycles. The van der Waals surface area contributed by atoms with E-state index in [2.05, 4.69) is 0 Å². The lowest BCUT2D eigenvalue weighted by Crippen LogP contribution is -2.45. The minimum Gasteiger partial charge on any atom is -0.508 e. The van der Waals surface area contributed by atoms with Gasteiger partial charge < -0.3 is 24.4 Å². The van der Waals surface area contributed by atoms with E-state index in [4.69, 9.17) is 9.47 Å². The second-order valence-electron chi connectivity index (χ2n) is 8.89. The Morgan fingerprint density at radius 1 is 1.11 bits per heavy atom. The summed E-state index contributed by atoms with van der Waals surface area (Å²) in [5.41, 5.74) is 1.24. The van der Waals surface area contributed by atoms with Crippen LogP contribution in [0.5, 0.6) is 11.5 Å². The summed E-state index contributed by atoms with van der Waals surface area (Å²) in [4.78, 5) is 41.9. The van der Waals surface area contributed by atoms with Crippen molar-refractivity contribution in [3.8, 4) is 11.5 Å². The molecule has 2 atom stereocenters. The van der Waals surface area contributed by atoms with Crippen LogP contribution < -0.4 is 9.64 Å². The highest BCUT2D eigenvalue weighted by molar-refractivity contribution is 7.99. The number of fused-ring (bicyclic) bond motifs is 1.